The van der Waals surface area contributed by atoms with Crippen molar-refractivity contribution in [2.45, 2.75) is 25.7 Å². The van der Waals surface area contributed by atoms with Crippen LogP contribution in [0.3, 0.4) is 0 Å². The third-order valence-corrected chi connectivity index (χ3v) is 5.07. The number of aryl methyl sites for hydroxylation is 1. The van der Waals surface area contributed by atoms with Crippen molar-refractivity contribution in [2.75, 3.05) is 13.1 Å². The van der Waals surface area contributed by atoms with Gasteiger partial charge in [0.15, 0.2) is 0 Å². The van der Waals surface area contributed by atoms with Crippen LogP contribution in [0.25, 0.3) is 5.52 Å². The van der Waals surface area contributed by atoms with Crippen molar-refractivity contribution in [1.82, 2.24) is 25.2 Å². The van der Waals surface area contributed by atoms with E-state index in [0.717, 1.165) is 5.69 Å². The van der Waals surface area contributed by atoms with E-state index in [2.05, 4.69) is 20.7 Å². The quantitative estimate of drug-likeness (QED) is 0.664. The number of hydrogen-bond acceptors (Lipinski definition) is 5. The Morgan fingerprint density at radius 1 is 1.33 bits per heavy atom. The average Bonchev–Trinajstić information content (AvgIpc) is 3.30. The summed E-state index contributed by atoms with van der Waals surface area (Å²) in [6.07, 6.45) is -1.08. The van der Waals surface area contributed by atoms with Crippen LogP contribution in [0, 0.1) is 12.8 Å². The molecule has 1 aliphatic heterocycles. The summed E-state index contributed by atoms with van der Waals surface area (Å²) in [6, 6.07) is 7.79. The SMILES string of the molecule is Cc1nn2ccc(OCc3ccccn3)cc2c1C(=O)NC1CNCC1C(F)(F)F. The molecule has 3 aromatic heterocycles. The Bertz CT molecular complexity index is 1050. The van der Waals surface area contributed by atoms with Crippen molar-refractivity contribution >= 4 is 11.4 Å². The maximum absolute atomic E-state index is 13.2. The van der Waals surface area contributed by atoms with Crippen LogP contribution < -0.4 is 15.4 Å². The van der Waals surface area contributed by atoms with Crippen molar-refractivity contribution in [3.05, 3.63) is 59.7 Å². The highest BCUT2D eigenvalue weighted by Crippen LogP contribution is 2.31. The summed E-state index contributed by atoms with van der Waals surface area (Å²) in [5.74, 6) is -1.72. The number of ether oxygens (including phenoxy) is 1. The van der Waals surface area contributed by atoms with Crippen molar-refractivity contribution in [1.29, 1.82) is 0 Å². The van der Waals surface area contributed by atoms with Gasteiger partial charge in [0, 0.05) is 31.5 Å². The minimum atomic E-state index is -4.38. The van der Waals surface area contributed by atoms with Gasteiger partial charge in [-0.25, -0.2) is 4.52 Å². The van der Waals surface area contributed by atoms with Crippen LogP contribution in [-0.2, 0) is 6.61 Å². The van der Waals surface area contributed by atoms with Gasteiger partial charge in [-0.3, -0.25) is 9.78 Å². The average molecular weight is 419 g/mol. The van der Waals surface area contributed by atoms with Gasteiger partial charge in [-0.05, 0) is 25.1 Å². The number of fused-ring (bicyclic) bond motifs is 1. The number of nitrogens with one attached hydrogen (secondary N) is 2. The maximum atomic E-state index is 13.2. The van der Waals surface area contributed by atoms with Gasteiger partial charge in [0.2, 0.25) is 0 Å². The molecule has 2 N–H and O–H groups in total. The fourth-order valence-corrected chi connectivity index (χ4v) is 3.57. The monoisotopic (exact) mass is 419 g/mol. The molecule has 0 aliphatic carbocycles. The lowest BCUT2D eigenvalue weighted by Crippen LogP contribution is -2.45. The molecule has 0 radical (unpaired) electrons. The lowest BCUT2D eigenvalue weighted by molar-refractivity contribution is -0.173. The number of hydrogen-bond donors (Lipinski definition) is 2. The van der Waals surface area contributed by atoms with Crippen LogP contribution in [0.2, 0.25) is 0 Å². The number of nitrogens with zero attached hydrogens (tertiary/aromatic N) is 3. The number of halogens is 3. The molecule has 2 unspecified atom stereocenters. The van der Waals surface area contributed by atoms with E-state index in [0.29, 0.717) is 17.0 Å². The minimum Gasteiger partial charge on any atom is -0.487 e. The highest BCUT2D eigenvalue weighted by molar-refractivity contribution is 6.02. The number of rotatable bonds is 5. The van der Waals surface area contributed by atoms with E-state index in [9.17, 15) is 18.0 Å². The van der Waals surface area contributed by atoms with Gasteiger partial charge < -0.3 is 15.4 Å². The first-order valence-corrected chi connectivity index (χ1v) is 9.43. The van der Waals surface area contributed by atoms with Gasteiger partial charge in [0.05, 0.1) is 34.4 Å². The second-order valence-corrected chi connectivity index (χ2v) is 7.15. The molecular weight excluding hydrogens is 399 g/mol. The largest absolute Gasteiger partial charge is 0.487 e. The molecule has 3 aromatic rings. The molecule has 7 nitrogen and oxygen atoms in total. The number of amides is 1. The number of carbonyl (C=O) groups excluding carboxylic acids is 1. The first-order valence-electron chi connectivity index (χ1n) is 9.43. The highest BCUT2D eigenvalue weighted by Gasteiger charge is 2.47. The third-order valence-electron chi connectivity index (χ3n) is 5.07. The van der Waals surface area contributed by atoms with E-state index in [-0.39, 0.29) is 25.3 Å². The molecule has 0 bridgehead atoms. The molecule has 158 valence electrons. The van der Waals surface area contributed by atoms with Crippen molar-refractivity contribution < 1.29 is 22.7 Å². The normalized spacial score (nSPS) is 19.2. The molecule has 0 spiro atoms. The molecule has 1 amide bonds. The predicted molar refractivity (Wildman–Crippen MR) is 102 cm³/mol. The fraction of sp³-hybridized carbons (Fsp3) is 0.350. The molecule has 1 aliphatic rings. The van der Waals surface area contributed by atoms with Crippen LogP contribution in [0.1, 0.15) is 21.7 Å². The van der Waals surface area contributed by atoms with E-state index in [1.54, 1.807) is 37.5 Å². The Kier molecular flexibility index (Phi) is 5.33. The zero-order valence-corrected chi connectivity index (χ0v) is 16.1. The van der Waals surface area contributed by atoms with Crippen LogP contribution in [0.5, 0.6) is 5.75 Å². The topological polar surface area (TPSA) is 80.5 Å². The van der Waals surface area contributed by atoms with E-state index in [1.165, 1.54) is 4.52 Å². The van der Waals surface area contributed by atoms with Crippen molar-refractivity contribution in [3.63, 3.8) is 0 Å². The lowest BCUT2D eigenvalue weighted by atomic mass is 10.0. The Morgan fingerprint density at radius 2 is 2.17 bits per heavy atom. The Balaban J connectivity index is 1.55. The van der Waals surface area contributed by atoms with Crippen LogP contribution in [-0.4, -0.2) is 45.8 Å². The van der Waals surface area contributed by atoms with E-state index in [1.807, 2.05) is 12.1 Å². The van der Waals surface area contributed by atoms with Gasteiger partial charge in [0.25, 0.3) is 5.91 Å². The van der Waals surface area contributed by atoms with Crippen molar-refractivity contribution in [3.8, 4) is 5.75 Å². The van der Waals surface area contributed by atoms with Gasteiger partial charge in [0.1, 0.15) is 12.4 Å². The summed E-state index contributed by atoms with van der Waals surface area (Å²) in [5, 5.41) is 9.50. The van der Waals surface area contributed by atoms with Crippen LogP contribution in [0.4, 0.5) is 13.2 Å². The van der Waals surface area contributed by atoms with Crippen molar-refractivity contribution in [2.24, 2.45) is 5.92 Å². The van der Waals surface area contributed by atoms with Crippen LogP contribution in [0.15, 0.2) is 42.7 Å². The summed E-state index contributed by atoms with van der Waals surface area (Å²) >= 11 is 0. The first kappa shape index (κ1) is 20.1. The standard InChI is InChI=1S/C20H20F3N5O2/c1-12-18(19(29)26-16-10-24-9-15(16)20(21,22)23)17-8-14(5-7-28(17)27-12)30-11-13-4-2-3-6-25-13/h2-8,15-16,24H,9-11H2,1H3,(H,26,29). The molecule has 10 heteroatoms. The second kappa shape index (κ2) is 7.94. The van der Waals surface area contributed by atoms with Crippen LogP contribution >= 0.6 is 0 Å². The Hall–Kier alpha value is -3.14. The summed E-state index contributed by atoms with van der Waals surface area (Å²) in [5.41, 5.74) is 1.85. The summed E-state index contributed by atoms with van der Waals surface area (Å²) in [6.45, 7) is 1.73. The fourth-order valence-electron chi connectivity index (χ4n) is 3.57. The van der Waals surface area contributed by atoms with E-state index in [4.69, 9.17) is 4.74 Å². The Labute approximate surface area is 170 Å². The highest BCUT2D eigenvalue weighted by atomic mass is 19.4. The van der Waals surface area contributed by atoms with E-state index >= 15 is 0 Å². The molecule has 1 fully saturated rings. The number of alkyl halides is 3. The number of carbonyl (C=O) groups is 1. The third kappa shape index (κ3) is 4.09. The second-order valence-electron chi connectivity index (χ2n) is 7.15. The Morgan fingerprint density at radius 3 is 2.90 bits per heavy atom. The lowest BCUT2D eigenvalue weighted by Gasteiger charge is -2.22. The molecular formula is C20H20F3N5O2. The summed E-state index contributed by atoms with van der Waals surface area (Å²) in [7, 11) is 0. The molecule has 0 saturated carbocycles. The van der Waals surface area contributed by atoms with Gasteiger partial charge in [-0.1, -0.05) is 6.07 Å². The molecule has 4 rings (SSSR count). The predicted octanol–water partition coefficient (Wildman–Crippen LogP) is 2.50. The molecule has 2 atom stereocenters. The smallest absolute Gasteiger partial charge is 0.395 e. The number of aromatic nitrogens is 3. The molecule has 0 aromatic carbocycles. The molecule has 4 heterocycles. The summed E-state index contributed by atoms with van der Waals surface area (Å²) in [4.78, 5) is 17.0. The van der Waals surface area contributed by atoms with Gasteiger partial charge in [-0.2, -0.15) is 18.3 Å². The van der Waals surface area contributed by atoms with Gasteiger partial charge >= 0.3 is 6.18 Å². The number of pyridine rings is 2. The molecule has 1 saturated heterocycles. The van der Waals surface area contributed by atoms with Gasteiger partial charge in [-0.15, -0.1) is 0 Å². The molecule has 30 heavy (non-hydrogen) atoms. The zero-order valence-electron chi connectivity index (χ0n) is 16.1. The minimum absolute atomic E-state index is 0.0621. The zero-order chi connectivity index (χ0) is 21.3. The van der Waals surface area contributed by atoms with E-state index < -0.39 is 24.0 Å². The first-order chi connectivity index (χ1) is 14.3. The summed E-state index contributed by atoms with van der Waals surface area (Å²) < 4.78 is 46.8. The maximum Gasteiger partial charge on any atom is 0.395 e.